The van der Waals surface area contributed by atoms with E-state index in [-0.39, 0.29) is 30.1 Å². The number of anilines is 3. The Morgan fingerprint density at radius 2 is 1.67 bits per heavy atom. The average Bonchev–Trinajstić information content (AvgIpc) is 4.03. The number of carbonyl (C=O) groups is 5. The zero-order valence-corrected chi connectivity index (χ0v) is 33.3. The molecule has 5 saturated heterocycles. The molecule has 2 aromatic carbocycles. The minimum absolute atomic E-state index is 0.0913. The summed E-state index contributed by atoms with van der Waals surface area (Å²) in [5.74, 6) is -1.40. The number of hydrogen-bond acceptors (Lipinski definition) is 10. The molecule has 5 amide bonds. The highest BCUT2D eigenvalue weighted by molar-refractivity contribution is 7.18. The number of amides is 5. The number of fused-ring (bicyclic) bond motifs is 1. The molecule has 0 radical (unpaired) electrons. The van der Waals surface area contributed by atoms with Gasteiger partial charge in [-0.05, 0) is 79.8 Å². The maximum atomic E-state index is 13.7. The molecular weight excluding hydrogens is 764 g/mol. The third-order valence-corrected chi connectivity index (χ3v) is 14.5. The van der Waals surface area contributed by atoms with Crippen LogP contribution in [-0.4, -0.2) is 122 Å². The van der Waals surface area contributed by atoms with Crippen LogP contribution < -0.4 is 20.0 Å². The Balaban J connectivity index is 0.748. The van der Waals surface area contributed by atoms with E-state index in [0.717, 1.165) is 124 Å². The van der Waals surface area contributed by atoms with Crippen LogP contribution in [0.3, 0.4) is 0 Å². The Hall–Kier alpha value is -4.97. The van der Waals surface area contributed by atoms with E-state index in [4.69, 9.17) is 18.2 Å². The van der Waals surface area contributed by atoms with Gasteiger partial charge in [0.1, 0.15) is 6.04 Å². The van der Waals surface area contributed by atoms with Crippen molar-refractivity contribution in [2.75, 3.05) is 86.7 Å². The van der Waals surface area contributed by atoms with Crippen LogP contribution in [-0.2, 0) is 9.59 Å². The molecule has 0 saturated carbocycles. The quantitative estimate of drug-likeness (QED) is 0.256. The Labute approximate surface area is 340 Å². The minimum Gasteiger partial charge on any atom is -0.371 e. The Bertz CT molecular complexity index is 2190. The first kappa shape index (κ1) is 37.6. The van der Waals surface area contributed by atoms with Crippen molar-refractivity contribution in [1.82, 2.24) is 20.0 Å². The van der Waals surface area contributed by atoms with E-state index in [9.17, 15) is 24.0 Å². The van der Waals surface area contributed by atoms with Crippen molar-refractivity contribution in [2.45, 2.75) is 44.6 Å². The summed E-state index contributed by atoms with van der Waals surface area (Å²) in [6, 6.07) is 14.1. The van der Waals surface area contributed by atoms with Crippen molar-refractivity contribution < 1.29 is 24.0 Å². The summed E-state index contributed by atoms with van der Waals surface area (Å²) >= 11 is 7.93. The van der Waals surface area contributed by atoms with E-state index < -0.39 is 23.8 Å². The monoisotopic (exact) mass is 808 g/mol. The van der Waals surface area contributed by atoms with Crippen LogP contribution in [0.1, 0.15) is 68.9 Å². The van der Waals surface area contributed by atoms with Crippen LogP contribution in [0.2, 0.25) is 5.02 Å². The molecule has 5 fully saturated rings. The second kappa shape index (κ2) is 15.1. The van der Waals surface area contributed by atoms with Gasteiger partial charge in [0.2, 0.25) is 17.5 Å². The van der Waals surface area contributed by atoms with Gasteiger partial charge in [0.25, 0.3) is 17.7 Å². The summed E-state index contributed by atoms with van der Waals surface area (Å²) in [5.41, 5.74) is 3.14. The van der Waals surface area contributed by atoms with E-state index in [1.807, 2.05) is 29.2 Å². The molecule has 7 heterocycles. The first-order chi connectivity index (χ1) is 27.6. The number of thiophene rings is 1. The maximum absolute atomic E-state index is 13.7. The van der Waals surface area contributed by atoms with E-state index in [1.165, 1.54) is 0 Å². The van der Waals surface area contributed by atoms with Gasteiger partial charge in [-0.25, -0.2) is 4.85 Å². The van der Waals surface area contributed by atoms with Crippen molar-refractivity contribution >= 4 is 74.5 Å². The Morgan fingerprint density at radius 3 is 2.42 bits per heavy atom. The van der Waals surface area contributed by atoms with Gasteiger partial charge in [-0.1, -0.05) is 23.7 Å². The lowest BCUT2D eigenvalue weighted by molar-refractivity contribution is -0.136. The molecule has 1 N–H and O–H groups in total. The van der Waals surface area contributed by atoms with E-state index in [2.05, 4.69) is 35.8 Å². The van der Waals surface area contributed by atoms with E-state index in [0.29, 0.717) is 27.8 Å². The SMILES string of the molecule is [C-]#[N+]c1ccc(N2CCC3(CCN(C(=O)c4ccc(N5CCN(C[C@@H]6CCN(c7cccc8c7C(=O)N(C7CCC(=O)NC7=O)C8=O)C6)CC5)s4)CC3)C2)cc1Cl. The first-order valence-corrected chi connectivity index (χ1v) is 21.2. The molecule has 3 aromatic rings. The largest absolute Gasteiger partial charge is 0.371 e. The third-order valence-electron chi connectivity index (χ3n) is 13.0. The molecule has 296 valence electrons. The second-order valence-electron chi connectivity index (χ2n) is 16.4. The summed E-state index contributed by atoms with van der Waals surface area (Å²) in [6.45, 7) is 16.8. The number of carbonyl (C=O) groups excluding carboxylic acids is 5. The van der Waals surface area contributed by atoms with Gasteiger partial charge in [-0.15, -0.1) is 11.3 Å². The van der Waals surface area contributed by atoms with Crippen LogP contribution in [0, 0.1) is 17.9 Å². The van der Waals surface area contributed by atoms with Gasteiger partial charge in [0.15, 0.2) is 0 Å². The van der Waals surface area contributed by atoms with Crippen LogP contribution in [0.15, 0.2) is 48.5 Å². The highest BCUT2D eigenvalue weighted by Crippen LogP contribution is 2.44. The highest BCUT2D eigenvalue weighted by atomic mass is 35.5. The number of nitrogens with one attached hydrogen (secondary N) is 1. The topological polar surface area (TPSA) is 121 Å². The number of halogens is 1. The van der Waals surface area contributed by atoms with Gasteiger partial charge in [-0.2, -0.15) is 0 Å². The Morgan fingerprint density at radius 1 is 0.877 bits per heavy atom. The molecule has 1 spiro atoms. The lowest BCUT2D eigenvalue weighted by Gasteiger charge is -2.39. The molecule has 6 aliphatic heterocycles. The Kier molecular flexibility index (Phi) is 9.95. The molecule has 13 nitrogen and oxygen atoms in total. The summed E-state index contributed by atoms with van der Waals surface area (Å²) in [4.78, 5) is 81.8. The van der Waals surface area contributed by atoms with Crippen LogP contribution >= 0.6 is 22.9 Å². The number of hydrogen-bond donors (Lipinski definition) is 1. The molecule has 15 heteroatoms. The van der Waals surface area contributed by atoms with Crippen LogP contribution in [0.5, 0.6) is 0 Å². The summed E-state index contributed by atoms with van der Waals surface area (Å²) in [5, 5.41) is 3.90. The van der Waals surface area contributed by atoms with Crippen molar-refractivity contribution in [3.63, 3.8) is 0 Å². The van der Waals surface area contributed by atoms with Crippen LogP contribution in [0.4, 0.5) is 22.1 Å². The molecule has 0 bridgehead atoms. The fourth-order valence-electron chi connectivity index (χ4n) is 9.78. The molecule has 1 unspecified atom stereocenters. The number of likely N-dealkylation sites (tertiary alicyclic amines) is 1. The molecule has 57 heavy (non-hydrogen) atoms. The van der Waals surface area contributed by atoms with Gasteiger partial charge in [0.05, 0.1) is 33.3 Å². The normalized spacial score (nSPS) is 23.8. The number of piperazine rings is 1. The van der Waals surface area contributed by atoms with Gasteiger partial charge >= 0.3 is 0 Å². The molecule has 2 atom stereocenters. The van der Waals surface area contributed by atoms with Crippen LogP contribution in [0.25, 0.3) is 4.85 Å². The fraction of sp³-hybridized carbons (Fsp3) is 0.476. The van der Waals surface area contributed by atoms with E-state index >= 15 is 0 Å². The number of nitrogens with zero attached hydrogens (tertiary/aromatic N) is 7. The molecule has 1 aromatic heterocycles. The molecular formula is C42H45ClN8O5S. The first-order valence-electron chi connectivity index (χ1n) is 20.0. The predicted molar refractivity (Wildman–Crippen MR) is 219 cm³/mol. The van der Waals surface area contributed by atoms with Crippen molar-refractivity contribution in [3.05, 3.63) is 81.0 Å². The fourth-order valence-corrected chi connectivity index (χ4v) is 11.0. The van der Waals surface area contributed by atoms with Gasteiger partial charge in [0, 0.05) is 89.1 Å². The summed E-state index contributed by atoms with van der Waals surface area (Å²) in [6.07, 6.45) is 4.26. The molecule has 9 rings (SSSR count). The molecule has 0 aliphatic carbocycles. The standard InChI is InChI=1S/C42H45ClN8O5S/c1-44-31-6-5-28(23-30(31)43)50-18-14-42(26-50)12-16-48(17-13-42)40(55)34-8-10-36(57-34)47-21-19-46(20-22-47)24-27-11-15-49(25-27)32-4-2-3-29-37(32)41(56)51(39(29)54)33-7-9-35(52)45-38(33)53/h2-6,8,10,23,27,33H,7,9,11-22,24-26H2,(H,45,52,53)/t27-,33?/m0/s1. The lowest BCUT2D eigenvalue weighted by Crippen LogP contribution is -2.54. The minimum atomic E-state index is -0.981. The second-order valence-corrected chi connectivity index (χ2v) is 17.9. The van der Waals surface area contributed by atoms with Crippen molar-refractivity contribution in [2.24, 2.45) is 11.3 Å². The third kappa shape index (κ3) is 7.04. The summed E-state index contributed by atoms with van der Waals surface area (Å²) < 4.78 is 0. The average molecular weight is 809 g/mol. The molecule has 6 aliphatic rings. The smallest absolute Gasteiger partial charge is 0.264 e. The van der Waals surface area contributed by atoms with Crippen molar-refractivity contribution in [1.29, 1.82) is 0 Å². The summed E-state index contributed by atoms with van der Waals surface area (Å²) in [7, 11) is 0. The van der Waals surface area contributed by atoms with Crippen molar-refractivity contribution in [3.8, 4) is 0 Å². The number of piperidine rings is 2. The number of imide groups is 2. The predicted octanol–water partition coefficient (Wildman–Crippen LogP) is 5.13. The zero-order chi connectivity index (χ0) is 39.4. The highest BCUT2D eigenvalue weighted by Gasteiger charge is 2.47. The lowest BCUT2D eigenvalue weighted by atomic mass is 9.77. The maximum Gasteiger partial charge on any atom is 0.264 e. The van der Waals surface area contributed by atoms with E-state index in [1.54, 1.807) is 29.5 Å². The number of benzene rings is 2. The van der Waals surface area contributed by atoms with Gasteiger partial charge < -0.3 is 19.6 Å². The number of rotatable bonds is 7. The van der Waals surface area contributed by atoms with Gasteiger partial charge in [-0.3, -0.25) is 39.1 Å². The zero-order valence-electron chi connectivity index (χ0n) is 31.8.